The highest BCUT2D eigenvalue weighted by atomic mass is 14.9. The summed E-state index contributed by atoms with van der Waals surface area (Å²) < 4.78 is 0. The lowest BCUT2D eigenvalue weighted by Crippen LogP contribution is -2.18. The second-order valence-electron chi connectivity index (χ2n) is 4.71. The highest BCUT2D eigenvalue weighted by Crippen LogP contribution is 2.37. The SMILES string of the molecule is Cc1ccccc1C1CCNc2ccccc21. The number of aryl methyl sites for hydroxylation is 1. The summed E-state index contributed by atoms with van der Waals surface area (Å²) in [5.74, 6) is 0.550. The fraction of sp³-hybridized carbons (Fsp3) is 0.250. The molecular weight excluding hydrogens is 206 g/mol. The van der Waals surface area contributed by atoms with Crippen LogP contribution in [-0.4, -0.2) is 6.54 Å². The van der Waals surface area contributed by atoms with Crippen LogP contribution < -0.4 is 5.32 Å². The van der Waals surface area contributed by atoms with Crippen LogP contribution in [0.5, 0.6) is 0 Å². The largest absolute Gasteiger partial charge is 0.385 e. The predicted molar refractivity (Wildman–Crippen MR) is 72.6 cm³/mol. The van der Waals surface area contributed by atoms with E-state index < -0.39 is 0 Å². The summed E-state index contributed by atoms with van der Waals surface area (Å²) in [6.07, 6.45) is 1.18. The minimum Gasteiger partial charge on any atom is -0.385 e. The Bertz CT molecular complexity index is 531. The smallest absolute Gasteiger partial charge is 0.0379 e. The van der Waals surface area contributed by atoms with Gasteiger partial charge in [0.15, 0.2) is 0 Å². The van der Waals surface area contributed by atoms with Crippen molar-refractivity contribution in [3.8, 4) is 0 Å². The number of rotatable bonds is 1. The Morgan fingerprint density at radius 1 is 0.941 bits per heavy atom. The molecule has 0 aromatic heterocycles. The van der Waals surface area contributed by atoms with Crippen molar-refractivity contribution in [2.24, 2.45) is 0 Å². The number of para-hydroxylation sites is 1. The van der Waals surface area contributed by atoms with Gasteiger partial charge in [-0.2, -0.15) is 0 Å². The van der Waals surface area contributed by atoms with E-state index >= 15 is 0 Å². The molecule has 0 saturated carbocycles. The minimum atomic E-state index is 0.550. The Kier molecular flexibility index (Phi) is 2.60. The number of hydrogen-bond donors (Lipinski definition) is 1. The van der Waals surface area contributed by atoms with Gasteiger partial charge in [-0.1, -0.05) is 42.5 Å². The molecule has 1 aliphatic rings. The van der Waals surface area contributed by atoms with Gasteiger partial charge in [-0.05, 0) is 36.1 Å². The van der Waals surface area contributed by atoms with Crippen LogP contribution in [-0.2, 0) is 0 Å². The van der Waals surface area contributed by atoms with E-state index in [4.69, 9.17) is 0 Å². The van der Waals surface area contributed by atoms with Crippen LogP contribution in [0, 0.1) is 6.92 Å². The van der Waals surface area contributed by atoms with Crippen LogP contribution in [0.25, 0.3) is 0 Å². The fourth-order valence-corrected chi connectivity index (χ4v) is 2.77. The molecule has 1 unspecified atom stereocenters. The molecule has 17 heavy (non-hydrogen) atoms. The highest BCUT2D eigenvalue weighted by Gasteiger charge is 2.21. The first-order chi connectivity index (χ1) is 8.36. The summed E-state index contributed by atoms with van der Waals surface area (Å²) in [7, 11) is 0. The molecule has 2 aromatic carbocycles. The van der Waals surface area contributed by atoms with Crippen molar-refractivity contribution in [2.75, 3.05) is 11.9 Å². The maximum absolute atomic E-state index is 3.48. The third-order valence-electron chi connectivity index (χ3n) is 3.65. The van der Waals surface area contributed by atoms with Gasteiger partial charge in [0.25, 0.3) is 0 Å². The summed E-state index contributed by atoms with van der Waals surface area (Å²) in [6.45, 7) is 3.27. The van der Waals surface area contributed by atoms with Gasteiger partial charge in [0.1, 0.15) is 0 Å². The monoisotopic (exact) mass is 223 g/mol. The van der Waals surface area contributed by atoms with Crippen LogP contribution in [0.3, 0.4) is 0 Å². The van der Waals surface area contributed by atoms with Crippen molar-refractivity contribution in [2.45, 2.75) is 19.3 Å². The Morgan fingerprint density at radius 2 is 1.65 bits per heavy atom. The normalized spacial score (nSPS) is 18.3. The van der Waals surface area contributed by atoms with Gasteiger partial charge in [0.2, 0.25) is 0 Å². The van der Waals surface area contributed by atoms with Gasteiger partial charge in [0, 0.05) is 18.2 Å². The van der Waals surface area contributed by atoms with E-state index in [1.807, 2.05) is 0 Å². The van der Waals surface area contributed by atoms with Crippen molar-refractivity contribution in [3.63, 3.8) is 0 Å². The Morgan fingerprint density at radius 3 is 2.47 bits per heavy atom. The van der Waals surface area contributed by atoms with Crippen molar-refractivity contribution in [1.29, 1.82) is 0 Å². The minimum absolute atomic E-state index is 0.550. The summed E-state index contributed by atoms with van der Waals surface area (Å²) in [5, 5.41) is 3.48. The van der Waals surface area contributed by atoms with E-state index in [0.717, 1.165) is 6.54 Å². The number of benzene rings is 2. The lowest BCUT2D eigenvalue weighted by molar-refractivity contribution is 0.716. The number of anilines is 1. The van der Waals surface area contributed by atoms with E-state index in [1.165, 1.54) is 28.8 Å². The molecule has 3 rings (SSSR count). The third-order valence-corrected chi connectivity index (χ3v) is 3.65. The zero-order valence-electron chi connectivity index (χ0n) is 10.1. The topological polar surface area (TPSA) is 12.0 Å². The van der Waals surface area contributed by atoms with Gasteiger partial charge < -0.3 is 5.32 Å². The molecule has 2 aromatic rings. The van der Waals surface area contributed by atoms with Gasteiger partial charge in [-0.15, -0.1) is 0 Å². The van der Waals surface area contributed by atoms with Gasteiger partial charge in [-0.25, -0.2) is 0 Å². The van der Waals surface area contributed by atoms with Crippen molar-refractivity contribution >= 4 is 5.69 Å². The number of fused-ring (bicyclic) bond motifs is 1. The first-order valence-electron chi connectivity index (χ1n) is 6.24. The van der Waals surface area contributed by atoms with Gasteiger partial charge in [0.05, 0.1) is 0 Å². The van der Waals surface area contributed by atoms with Crippen molar-refractivity contribution in [3.05, 3.63) is 65.2 Å². The average molecular weight is 223 g/mol. The molecule has 0 bridgehead atoms. The average Bonchev–Trinajstić information content (AvgIpc) is 2.39. The van der Waals surface area contributed by atoms with Gasteiger partial charge in [-0.3, -0.25) is 0 Å². The van der Waals surface area contributed by atoms with Crippen LogP contribution >= 0.6 is 0 Å². The lowest BCUT2D eigenvalue weighted by Gasteiger charge is -2.28. The zero-order valence-corrected chi connectivity index (χ0v) is 10.1. The molecule has 0 saturated heterocycles. The van der Waals surface area contributed by atoms with Gasteiger partial charge >= 0.3 is 0 Å². The fourth-order valence-electron chi connectivity index (χ4n) is 2.77. The van der Waals surface area contributed by atoms with E-state index in [2.05, 4.69) is 60.8 Å². The van der Waals surface area contributed by atoms with E-state index in [9.17, 15) is 0 Å². The second-order valence-corrected chi connectivity index (χ2v) is 4.71. The molecule has 0 radical (unpaired) electrons. The van der Waals surface area contributed by atoms with Crippen LogP contribution in [0.1, 0.15) is 29.0 Å². The molecular formula is C16H17N. The molecule has 0 aliphatic carbocycles. The zero-order chi connectivity index (χ0) is 11.7. The Balaban J connectivity index is 2.09. The van der Waals surface area contributed by atoms with E-state index in [-0.39, 0.29) is 0 Å². The molecule has 0 fully saturated rings. The quantitative estimate of drug-likeness (QED) is 0.772. The Labute approximate surface area is 102 Å². The first-order valence-corrected chi connectivity index (χ1v) is 6.24. The van der Waals surface area contributed by atoms with Crippen molar-refractivity contribution in [1.82, 2.24) is 0 Å². The van der Waals surface area contributed by atoms with Crippen molar-refractivity contribution < 1.29 is 0 Å². The molecule has 0 spiro atoms. The summed E-state index contributed by atoms with van der Waals surface area (Å²) in [5.41, 5.74) is 5.61. The molecule has 1 heteroatoms. The van der Waals surface area contributed by atoms with E-state index in [0.29, 0.717) is 5.92 Å². The summed E-state index contributed by atoms with van der Waals surface area (Å²) in [6, 6.07) is 17.4. The molecule has 1 nitrogen and oxygen atoms in total. The molecule has 86 valence electrons. The third kappa shape index (κ3) is 1.82. The van der Waals surface area contributed by atoms with Crippen LogP contribution in [0.2, 0.25) is 0 Å². The summed E-state index contributed by atoms with van der Waals surface area (Å²) in [4.78, 5) is 0. The summed E-state index contributed by atoms with van der Waals surface area (Å²) >= 11 is 0. The maximum Gasteiger partial charge on any atom is 0.0379 e. The first kappa shape index (κ1) is 10.4. The number of hydrogen-bond acceptors (Lipinski definition) is 1. The molecule has 1 aliphatic heterocycles. The second kappa shape index (κ2) is 4.25. The maximum atomic E-state index is 3.48. The molecule has 1 N–H and O–H groups in total. The standard InChI is InChI=1S/C16H17N/c1-12-6-2-3-7-13(12)14-10-11-17-16-9-5-4-8-15(14)16/h2-9,14,17H,10-11H2,1H3. The molecule has 0 amide bonds. The predicted octanol–water partition coefficient (Wildman–Crippen LogP) is 3.94. The molecule has 1 atom stereocenters. The van der Waals surface area contributed by atoms with Crippen LogP contribution in [0.15, 0.2) is 48.5 Å². The lowest BCUT2D eigenvalue weighted by atomic mass is 9.83. The Hall–Kier alpha value is -1.76. The van der Waals surface area contributed by atoms with Crippen LogP contribution in [0.4, 0.5) is 5.69 Å². The van der Waals surface area contributed by atoms with E-state index in [1.54, 1.807) is 0 Å². The molecule has 1 heterocycles. The number of nitrogens with one attached hydrogen (secondary N) is 1. The highest BCUT2D eigenvalue weighted by molar-refractivity contribution is 5.57.